The van der Waals surface area contributed by atoms with Crippen LogP contribution in [0.3, 0.4) is 0 Å². The van der Waals surface area contributed by atoms with Crippen molar-refractivity contribution < 1.29 is 17.9 Å². The summed E-state index contributed by atoms with van der Waals surface area (Å²) in [7, 11) is -1.50. The molecule has 0 unspecified atom stereocenters. The molecule has 2 aliphatic rings. The van der Waals surface area contributed by atoms with Gasteiger partial charge in [-0.1, -0.05) is 6.92 Å². The number of nitrogens with zero attached hydrogens (tertiary/aromatic N) is 4. The van der Waals surface area contributed by atoms with Crippen molar-refractivity contribution in [3.05, 3.63) is 0 Å². The van der Waals surface area contributed by atoms with E-state index in [1.807, 2.05) is 11.9 Å². The second kappa shape index (κ2) is 8.39. The number of ether oxygens (including phenoxy) is 1. The van der Waals surface area contributed by atoms with Crippen LogP contribution >= 0.6 is 0 Å². The second-order valence-corrected chi connectivity index (χ2v) is 7.97. The van der Waals surface area contributed by atoms with Gasteiger partial charge in [0.05, 0.1) is 19.8 Å². The van der Waals surface area contributed by atoms with Gasteiger partial charge in [0.25, 0.3) is 10.2 Å². The summed E-state index contributed by atoms with van der Waals surface area (Å²) in [5.74, 6) is 0.0735. The van der Waals surface area contributed by atoms with E-state index >= 15 is 0 Å². The van der Waals surface area contributed by atoms with E-state index in [0.29, 0.717) is 59.0 Å². The molecule has 23 heavy (non-hydrogen) atoms. The van der Waals surface area contributed by atoms with Crippen LogP contribution in [0.1, 0.15) is 13.3 Å². The Kier molecular flexibility index (Phi) is 6.78. The minimum Gasteiger partial charge on any atom is -0.379 e. The monoisotopic (exact) mass is 348 g/mol. The number of piperazine rings is 1. The van der Waals surface area contributed by atoms with E-state index in [1.165, 1.54) is 8.61 Å². The Balaban J connectivity index is 1.84. The number of hydrogen-bond donors (Lipinski definition) is 0. The van der Waals surface area contributed by atoms with Crippen LogP contribution < -0.4 is 0 Å². The van der Waals surface area contributed by atoms with Crippen LogP contribution in [0.25, 0.3) is 0 Å². The van der Waals surface area contributed by atoms with E-state index in [9.17, 15) is 13.2 Å². The molecule has 0 spiro atoms. The van der Waals surface area contributed by atoms with E-state index in [1.54, 1.807) is 4.90 Å². The van der Waals surface area contributed by atoms with Crippen molar-refractivity contribution in [2.75, 3.05) is 72.6 Å². The van der Waals surface area contributed by atoms with Crippen molar-refractivity contribution in [3.8, 4) is 0 Å². The smallest absolute Gasteiger partial charge is 0.282 e. The van der Waals surface area contributed by atoms with Crippen molar-refractivity contribution in [3.63, 3.8) is 0 Å². The molecule has 0 aliphatic carbocycles. The summed E-state index contributed by atoms with van der Waals surface area (Å²) in [5.41, 5.74) is 0. The lowest BCUT2D eigenvalue weighted by Crippen LogP contribution is -2.56. The van der Waals surface area contributed by atoms with Gasteiger partial charge >= 0.3 is 0 Å². The summed E-state index contributed by atoms with van der Waals surface area (Å²) in [6.07, 6.45) is 1.01. The van der Waals surface area contributed by atoms with E-state index in [4.69, 9.17) is 4.74 Å². The van der Waals surface area contributed by atoms with E-state index < -0.39 is 10.2 Å². The highest BCUT2D eigenvalue weighted by Crippen LogP contribution is 2.14. The molecule has 2 fully saturated rings. The number of hydrogen-bond acceptors (Lipinski definition) is 5. The van der Waals surface area contributed by atoms with Crippen LogP contribution in [0.2, 0.25) is 0 Å². The molecule has 0 bridgehead atoms. The predicted molar refractivity (Wildman–Crippen MR) is 87.3 cm³/mol. The van der Waals surface area contributed by atoms with Gasteiger partial charge in [-0.15, -0.1) is 0 Å². The lowest BCUT2D eigenvalue weighted by molar-refractivity contribution is -0.133. The zero-order valence-corrected chi connectivity index (χ0v) is 14.9. The van der Waals surface area contributed by atoms with E-state index in [0.717, 1.165) is 13.0 Å². The van der Waals surface area contributed by atoms with Gasteiger partial charge in [-0.3, -0.25) is 9.69 Å². The molecular formula is C14H28N4O4S. The first-order chi connectivity index (χ1) is 10.9. The Labute approximate surface area is 139 Å². The Bertz CT molecular complexity index is 485. The fourth-order valence-electron chi connectivity index (χ4n) is 2.90. The largest absolute Gasteiger partial charge is 0.379 e. The molecule has 8 nitrogen and oxygen atoms in total. The zero-order chi connectivity index (χ0) is 16.9. The van der Waals surface area contributed by atoms with Crippen LogP contribution in [0.15, 0.2) is 0 Å². The van der Waals surface area contributed by atoms with Crippen molar-refractivity contribution in [1.29, 1.82) is 0 Å². The number of carbonyl (C=O) groups excluding carboxylic acids is 1. The lowest BCUT2D eigenvalue weighted by Gasteiger charge is -2.38. The molecule has 2 rings (SSSR count). The number of rotatable bonds is 6. The molecule has 134 valence electrons. The van der Waals surface area contributed by atoms with Crippen LogP contribution in [0.5, 0.6) is 0 Å². The van der Waals surface area contributed by atoms with Crippen LogP contribution in [0.4, 0.5) is 0 Å². The highest BCUT2D eigenvalue weighted by atomic mass is 32.2. The maximum Gasteiger partial charge on any atom is 0.282 e. The summed E-state index contributed by atoms with van der Waals surface area (Å²) in [6.45, 7) is 6.71. The first-order valence-corrected chi connectivity index (χ1v) is 9.64. The van der Waals surface area contributed by atoms with E-state index in [-0.39, 0.29) is 5.91 Å². The van der Waals surface area contributed by atoms with Crippen molar-refractivity contribution in [2.24, 2.45) is 0 Å². The van der Waals surface area contributed by atoms with Gasteiger partial charge in [-0.25, -0.2) is 0 Å². The summed E-state index contributed by atoms with van der Waals surface area (Å²) in [6, 6.07) is 0. The average Bonchev–Trinajstić information content (AvgIpc) is 2.56. The van der Waals surface area contributed by atoms with Crippen LogP contribution in [0, 0.1) is 0 Å². The molecule has 0 aromatic carbocycles. The summed E-state index contributed by atoms with van der Waals surface area (Å²) in [5, 5.41) is 0. The normalized spacial score (nSPS) is 21.8. The SMILES string of the molecule is CCCN(C)CC(=O)N1CCN(S(=O)(=O)N2CCOCC2)CC1. The number of likely N-dealkylation sites (N-methyl/N-ethyl adjacent to an activating group) is 1. The van der Waals surface area contributed by atoms with Crippen molar-refractivity contribution in [1.82, 2.24) is 18.4 Å². The Morgan fingerprint density at radius 3 is 2.17 bits per heavy atom. The first-order valence-electron chi connectivity index (χ1n) is 8.24. The van der Waals surface area contributed by atoms with Gasteiger partial charge in [0.1, 0.15) is 0 Å². The maximum absolute atomic E-state index is 12.6. The van der Waals surface area contributed by atoms with Gasteiger partial charge in [0, 0.05) is 39.3 Å². The van der Waals surface area contributed by atoms with Gasteiger partial charge in [-0.2, -0.15) is 17.0 Å². The minimum atomic E-state index is -3.43. The Morgan fingerprint density at radius 2 is 1.61 bits per heavy atom. The summed E-state index contributed by atoms with van der Waals surface area (Å²) < 4.78 is 33.3. The van der Waals surface area contributed by atoms with Crippen LogP contribution in [-0.4, -0.2) is 105 Å². The van der Waals surface area contributed by atoms with Gasteiger partial charge in [-0.05, 0) is 20.0 Å². The molecule has 0 saturated carbocycles. The molecule has 9 heteroatoms. The predicted octanol–water partition coefficient (Wildman–Crippen LogP) is -0.951. The van der Waals surface area contributed by atoms with Crippen LogP contribution in [-0.2, 0) is 19.7 Å². The number of morpholine rings is 1. The standard InChI is InChI=1S/C14H28N4O4S/c1-3-4-15(2)13-14(19)16-5-7-17(8-6-16)23(20,21)18-9-11-22-12-10-18/h3-13H2,1-2H3. The highest BCUT2D eigenvalue weighted by molar-refractivity contribution is 7.86. The molecule has 0 N–H and O–H groups in total. The molecule has 0 radical (unpaired) electrons. The fourth-order valence-corrected chi connectivity index (χ4v) is 4.46. The molecule has 2 saturated heterocycles. The van der Waals surface area contributed by atoms with Crippen molar-refractivity contribution in [2.45, 2.75) is 13.3 Å². The maximum atomic E-state index is 12.6. The summed E-state index contributed by atoms with van der Waals surface area (Å²) >= 11 is 0. The number of amides is 1. The minimum absolute atomic E-state index is 0.0735. The van der Waals surface area contributed by atoms with Gasteiger partial charge < -0.3 is 9.64 Å². The molecule has 2 heterocycles. The first kappa shape index (κ1) is 18.6. The quantitative estimate of drug-likeness (QED) is 0.619. The topological polar surface area (TPSA) is 73.4 Å². The molecule has 0 atom stereocenters. The summed E-state index contributed by atoms with van der Waals surface area (Å²) in [4.78, 5) is 16.0. The van der Waals surface area contributed by atoms with Gasteiger partial charge in [0.15, 0.2) is 0 Å². The highest BCUT2D eigenvalue weighted by Gasteiger charge is 2.34. The zero-order valence-electron chi connectivity index (χ0n) is 14.1. The van der Waals surface area contributed by atoms with E-state index in [2.05, 4.69) is 6.92 Å². The molecule has 2 aliphatic heterocycles. The fraction of sp³-hybridized carbons (Fsp3) is 0.929. The molecular weight excluding hydrogens is 320 g/mol. The Morgan fingerprint density at radius 1 is 1.04 bits per heavy atom. The third kappa shape index (κ3) is 4.87. The van der Waals surface area contributed by atoms with Gasteiger partial charge in [0.2, 0.25) is 5.91 Å². The molecule has 0 aromatic rings. The Hall–Kier alpha value is -0.740. The third-order valence-electron chi connectivity index (χ3n) is 4.22. The third-order valence-corrected chi connectivity index (χ3v) is 6.26. The molecule has 1 amide bonds. The lowest BCUT2D eigenvalue weighted by atomic mass is 10.3. The van der Waals surface area contributed by atoms with Crippen molar-refractivity contribution >= 4 is 16.1 Å². The average molecular weight is 348 g/mol. The second-order valence-electron chi connectivity index (χ2n) is 6.04. The molecule has 0 aromatic heterocycles. The number of carbonyl (C=O) groups is 1.